The summed E-state index contributed by atoms with van der Waals surface area (Å²) in [7, 11) is 3.30. The lowest BCUT2D eigenvalue weighted by molar-refractivity contribution is -0.164. The topological polar surface area (TPSA) is 204 Å². The Hall–Kier alpha value is -9.80. The number of carbonyl (C=O) groups excluding carboxylic acids is 4. The van der Waals surface area contributed by atoms with Gasteiger partial charge in [0.15, 0.2) is 22.8 Å². The number of fused-ring (bicyclic) bond motifs is 6. The van der Waals surface area contributed by atoms with Crippen molar-refractivity contribution in [3.8, 4) is 34.5 Å². The summed E-state index contributed by atoms with van der Waals surface area (Å²) in [5, 5.41) is 4.55. The highest BCUT2D eigenvalue weighted by molar-refractivity contribution is 6.04. The molecular formula is C95H114N2O18. The number of methoxy groups -OCH3 is 2. The van der Waals surface area contributed by atoms with Crippen LogP contribution in [0.1, 0.15) is 160 Å². The number of benzene rings is 8. The lowest BCUT2D eigenvalue weighted by Gasteiger charge is -2.38. The molecule has 8 aromatic rings. The van der Waals surface area contributed by atoms with E-state index in [2.05, 4.69) is 94.8 Å². The van der Waals surface area contributed by atoms with Gasteiger partial charge < -0.3 is 76.1 Å². The normalized spacial score (nSPS) is 17.9. The van der Waals surface area contributed by atoms with Gasteiger partial charge in [0, 0.05) is 120 Å². The van der Waals surface area contributed by atoms with Gasteiger partial charge in [-0.2, -0.15) is 0 Å². The first kappa shape index (κ1) is 84.6. The molecular weight excluding hydrogens is 1460 g/mol. The average molecular weight is 1570 g/mol. The van der Waals surface area contributed by atoms with Crippen LogP contribution in [0.3, 0.4) is 0 Å². The second kappa shape index (κ2) is 37.9. The van der Waals surface area contributed by atoms with Gasteiger partial charge >= 0.3 is 11.9 Å². The van der Waals surface area contributed by atoms with Crippen LogP contribution in [0.5, 0.6) is 34.5 Å². The third-order valence-electron chi connectivity index (χ3n) is 22.5. The van der Waals surface area contributed by atoms with Crippen LogP contribution in [-0.2, 0) is 68.3 Å². The van der Waals surface area contributed by atoms with Crippen molar-refractivity contribution in [2.45, 2.75) is 173 Å². The van der Waals surface area contributed by atoms with E-state index in [1.165, 1.54) is 0 Å². The van der Waals surface area contributed by atoms with E-state index in [1.54, 1.807) is 35.0 Å². The van der Waals surface area contributed by atoms with Crippen LogP contribution in [0.15, 0.2) is 170 Å². The molecule has 2 fully saturated rings. The number of hydrogen-bond acceptors (Lipinski definition) is 20. The smallest absolute Gasteiger partial charge is 0.306 e. The minimum absolute atomic E-state index is 0.00145. The van der Waals surface area contributed by atoms with Crippen LogP contribution < -0.4 is 38.2 Å². The van der Waals surface area contributed by atoms with Gasteiger partial charge in [-0.1, -0.05) is 118 Å². The van der Waals surface area contributed by atoms with E-state index in [9.17, 15) is 19.2 Å². The Morgan fingerprint density at radius 1 is 0.435 bits per heavy atom. The number of morpholine rings is 2. The van der Waals surface area contributed by atoms with Gasteiger partial charge in [0.25, 0.3) is 0 Å². The summed E-state index contributed by atoms with van der Waals surface area (Å²) < 4.78 is 86.2. The van der Waals surface area contributed by atoms with Gasteiger partial charge in [-0.3, -0.25) is 19.2 Å². The molecule has 0 radical (unpaired) electrons. The summed E-state index contributed by atoms with van der Waals surface area (Å²) in [6, 6.07) is 52.6. The van der Waals surface area contributed by atoms with Gasteiger partial charge in [-0.25, -0.2) is 0 Å². The molecule has 0 N–H and O–H groups in total. The summed E-state index contributed by atoms with van der Waals surface area (Å²) in [4.78, 5) is 58.5. The molecule has 0 aliphatic carbocycles. The molecule has 115 heavy (non-hydrogen) atoms. The first-order valence-corrected chi connectivity index (χ1v) is 40.7. The van der Waals surface area contributed by atoms with Gasteiger partial charge in [-0.05, 0) is 151 Å². The highest BCUT2D eigenvalue weighted by atomic mass is 16.6. The summed E-state index contributed by atoms with van der Waals surface area (Å²) in [5.41, 5.74) is 2.32. The van der Waals surface area contributed by atoms with E-state index in [-0.39, 0.29) is 75.9 Å². The Bertz CT molecular complexity index is 4680. The Balaban J connectivity index is 0.543. The lowest BCUT2D eigenvalue weighted by Crippen LogP contribution is -2.44. The number of anilines is 2. The van der Waals surface area contributed by atoms with Crippen LogP contribution in [0, 0.1) is 0 Å². The van der Waals surface area contributed by atoms with Crippen molar-refractivity contribution in [2.75, 3.05) is 116 Å². The number of rotatable bonds is 40. The van der Waals surface area contributed by atoms with Gasteiger partial charge in [0.2, 0.25) is 0 Å². The number of hydrogen-bond donors (Lipinski definition) is 0. The molecule has 0 saturated carbocycles. The molecule has 12 rings (SSSR count). The zero-order chi connectivity index (χ0) is 81.4. The van der Waals surface area contributed by atoms with Crippen molar-refractivity contribution in [2.24, 2.45) is 0 Å². The molecule has 5 atom stereocenters. The number of esters is 2. The van der Waals surface area contributed by atoms with Crippen LogP contribution in [0.2, 0.25) is 0 Å². The highest BCUT2D eigenvalue weighted by Gasteiger charge is 2.42. The Morgan fingerprint density at radius 2 is 0.800 bits per heavy atom. The largest absolute Gasteiger partial charge is 0.497 e. The highest BCUT2D eigenvalue weighted by Crippen LogP contribution is 2.50. The third kappa shape index (κ3) is 20.5. The summed E-state index contributed by atoms with van der Waals surface area (Å²) in [6.07, 6.45) is 10.3. The second-order valence-electron chi connectivity index (χ2n) is 31.8. The molecule has 0 aromatic heterocycles. The summed E-state index contributed by atoms with van der Waals surface area (Å²) in [6.45, 7) is 25.8. The standard InChI is InChI=1S/C95H114N2O18/c1-13-70(112-92(8,9)86(98)40-42-88(100)108-58-56-106-74-36-28-68(29-37-74)94(66-24-32-72(102-11)33-25-66)46-44-80-76-20-16-18-22-78(76)82(62-84(80)114-94)96-48-52-104-53-49-96)64-90(4,5)110-60-61-111-91(6,7)65-71(14-2)113-93(10,15-3)87(99)41-43-89(101)109-59-57-107-75-38-30-69(31-39-75)95(67-26-34-73(103-12)35-27-67)47-45-81-77-21-17-19-23-79(77)83(63-85(81)115-95)97-50-54-105-55-51-97/h16-39,44-47,62-63,70-71H,13-15,40-43,48-61,64-65H2,1-12H3. The maximum Gasteiger partial charge on any atom is 0.306 e. The molecule has 0 bridgehead atoms. The molecule has 20 nitrogen and oxygen atoms in total. The van der Waals surface area contributed by atoms with E-state index in [0.29, 0.717) is 83.2 Å². The number of ether oxygens (including phenoxy) is 14. The van der Waals surface area contributed by atoms with E-state index >= 15 is 0 Å². The first-order valence-electron chi connectivity index (χ1n) is 40.7. The van der Waals surface area contributed by atoms with Crippen LogP contribution in [0.25, 0.3) is 33.7 Å². The molecule has 8 aromatic carbocycles. The van der Waals surface area contributed by atoms with E-state index in [0.717, 1.165) is 115 Å². The molecule has 0 spiro atoms. The predicted molar refractivity (Wildman–Crippen MR) is 448 cm³/mol. The SMILES string of the molecule is CCC(CC(C)(C)OCCOC(C)(C)CC(CC)OC(C)(CC)C(=O)CCC(=O)OCCOc1ccc(C2(c3ccc(OC)cc3)C=Cc3c(cc(N4CCOCC4)c4ccccc34)O2)cc1)OC(C)(C)C(=O)CCC(=O)OCCOc1ccc(C2(c3ccc(OC)cc3)C=Cc3c(cc(N4CCOCC4)c4ccccc34)O2)cc1. The van der Waals surface area contributed by atoms with Crippen LogP contribution in [0.4, 0.5) is 11.4 Å². The van der Waals surface area contributed by atoms with Crippen molar-refractivity contribution in [1.29, 1.82) is 0 Å². The zero-order valence-electron chi connectivity index (χ0n) is 69.0. The molecule has 0 amide bonds. The molecule has 612 valence electrons. The average Bonchev–Trinajstić information content (AvgIpc) is 0.737. The molecule has 4 aliphatic rings. The minimum atomic E-state index is -1.18. The third-order valence-corrected chi connectivity index (χ3v) is 22.5. The lowest BCUT2D eigenvalue weighted by atomic mass is 9.83. The number of ketones is 2. The van der Waals surface area contributed by atoms with Gasteiger partial charge in [0.1, 0.15) is 72.1 Å². The van der Waals surface area contributed by atoms with E-state index in [1.807, 2.05) is 146 Å². The molecule has 2 saturated heterocycles. The van der Waals surface area contributed by atoms with Crippen molar-refractivity contribution in [1.82, 2.24) is 0 Å². The number of Topliss-reactive ketones (excluding diaryl/α,β-unsaturated/α-hetero) is 2. The quantitative estimate of drug-likeness (QED) is 0.0259. The van der Waals surface area contributed by atoms with Crippen molar-refractivity contribution >= 4 is 68.6 Å². The van der Waals surface area contributed by atoms with Crippen LogP contribution >= 0.6 is 0 Å². The minimum Gasteiger partial charge on any atom is -0.497 e. The van der Waals surface area contributed by atoms with Gasteiger partial charge in [-0.15, -0.1) is 0 Å². The van der Waals surface area contributed by atoms with Crippen molar-refractivity contribution in [3.05, 3.63) is 203 Å². The van der Waals surface area contributed by atoms with E-state index < -0.39 is 45.5 Å². The Morgan fingerprint density at radius 3 is 1.17 bits per heavy atom. The summed E-state index contributed by atoms with van der Waals surface area (Å²) >= 11 is 0. The Labute approximate surface area is 677 Å². The fourth-order valence-corrected chi connectivity index (χ4v) is 15.8. The molecule has 5 unspecified atom stereocenters. The number of nitrogens with zero attached hydrogens (tertiary/aromatic N) is 2. The molecule has 20 heteroatoms. The van der Waals surface area contributed by atoms with Crippen molar-refractivity contribution in [3.63, 3.8) is 0 Å². The molecule has 4 aliphatic heterocycles. The number of carbonyl (C=O) groups is 4. The fourth-order valence-electron chi connectivity index (χ4n) is 15.8. The zero-order valence-corrected chi connectivity index (χ0v) is 69.0. The molecule has 4 heterocycles. The van der Waals surface area contributed by atoms with Crippen molar-refractivity contribution < 1.29 is 85.5 Å². The monoisotopic (exact) mass is 1570 g/mol. The first-order chi connectivity index (χ1) is 55.4. The fraction of sp³-hybridized carbons (Fsp3) is 0.453. The van der Waals surface area contributed by atoms with Crippen LogP contribution in [-0.4, -0.2) is 165 Å². The maximum atomic E-state index is 13.9. The maximum absolute atomic E-state index is 13.9. The Kier molecular flexibility index (Phi) is 27.9. The summed E-state index contributed by atoms with van der Waals surface area (Å²) in [5.74, 6) is 2.80. The van der Waals surface area contributed by atoms with Gasteiger partial charge in [0.05, 0.1) is 90.1 Å². The predicted octanol–water partition coefficient (Wildman–Crippen LogP) is 17.5. The van der Waals surface area contributed by atoms with E-state index in [4.69, 9.17) is 66.3 Å². The second-order valence-corrected chi connectivity index (χ2v) is 31.8.